The van der Waals surface area contributed by atoms with Crippen LogP contribution in [-0.2, 0) is 15.6 Å². The normalized spacial score (nSPS) is 23.4. The average Bonchev–Trinajstić information content (AvgIpc) is 3.03. The molecule has 0 saturated carbocycles. The third-order valence-electron chi connectivity index (χ3n) is 4.49. The van der Waals surface area contributed by atoms with Crippen LogP contribution in [0.4, 0.5) is 10.1 Å². The van der Waals surface area contributed by atoms with Crippen LogP contribution >= 0.6 is 35.0 Å². The Kier molecular flexibility index (Phi) is 5.14. The molecule has 0 aliphatic carbocycles. The lowest BCUT2D eigenvalue weighted by Gasteiger charge is -2.27. The molecule has 2 atom stereocenters. The fourth-order valence-electron chi connectivity index (χ4n) is 3.39. The summed E-state index contributed by atoms with van der Waals surface area (Å²) < 4.78 is 37.6. The van der Waals surface area contributed by atoms with E-state index in [1.165, 1.54) is 23.9 Å². The van der Waals surface area contributed by atoms with E-state index in [2.05, 4.69) is 4.99 Å². The number of benzene rings is 2. The largest absolute Gasteiger partial charge is 0.315 e. The van der Waals surface area contributed by atoms with Crippen LogP contribution in [0.3, 0.4) is 0 Å². The Labute approximate surface area is 171 Å². The van der Waals surface area contributed by atoms with Gasteiger partial charge in [0.05, 0.1) is 23.6 Å². The maximum absolute atomic E-state index is 13.4. The van der Waals surface area contributed by atoms with Gasteiger partial charge >= 0.3 is 0 Å². The first kappa shape index (κ1) is 19.1. The highest BCUT2D eigenvalue weighted by atomic mass is 35.5. The molecule has 27 heavy (non-hydrogen) atoms. The molecule has 0 aromatic heterocycles. The van der Waals surface area contributed by atoms with Crippen molar-refractivity contribution in [2.75, 3.05) is 16.4 Å². The highest BCUT2D eigenvalue weighted by molar-refractivity contribution is 8.13. The summed E-state index contributed by atoms with van der Waals surface area (Å²) in [6.45, 7) is 0. The number of fused-ring (bicyclic) bond motifs is 1. The van der Waals surface area contributed by atoms with Crippen molar-refractivity contribution in [2.45, 2.75) is 17.8 Å². The Bertz CT molecular complexity index is 1010. The first-order valence-electron chi connectivity index (χ1n) is 8.21. The number of aliphatic imine (C=N–C) groups is 1. The highest BCUT2D eigenvalue weighted by Crippen LogP contribution is 2.37. The predicted octanol–water partition coefficient (Wildman–Crippen LogP) is 4.41. The van der Waals surface area contributed by atoms with Gasteiger partial charge < -0.3 is 4.90 Å². The number of hydrogen-bond acceptors (Lipinski definition) is 5. The molecule has 2 aromatic carbocycles. The lowest BCUT2D eigenvalue weighted by molar-refractivity contribution is 0.601. The number of rotatable bonds is 3. The number of nitrogens with zero attached hydrogens (tertiary/aromatic N) is 2. The van der Waals surface area contributed by atoms with Gasteiger partial charge in [-0.15, -0.1) is 0 Å². The second-order valence-corrected chi connectivity index (χ2v) is 10.5. The maximum Gasteiger partial charge on any atom is 0.164 e. The van der Waals surface area contributed by atoms with Crippen LogP contribution in [0.1, 0.15) is 5.56 Å². The number of thioether (sulfide) groups is 1. The van der Waals surface area contributed by atoms with E-state index in [4.69, 9.17) is 23.2 Å². The Morgan fingerprint density at radius 1 is 1.15 bits per heavy atom. The van der Waals surface area contributed by atoms with E-state index in [1.807, 2.05) is 11.0 Å². The summed E-state index contributed by atoms with van der Waals surface area (Å²) in [6, 6.07) is 10.9. The predicted molar refractivity (Wildman–Crippen MR) is 110 cm³/mol. The molecule has 2 aromatic rings. The molecule has 0 spiro atoms. The van der Waals surface area contributed by atoms with Gasteiger partial charge in [-0.1, -0.05) is 47.1 Å². The van der Waals surface area contributed by atoms with Crippen LogP contribution in [0.25, 0.3) is 0 Å². The number of anilines is 1. The molecule has 0 unspecified atom stereocenters. The summed E-state index contributed by atoms with van der Waals surface area (Å²) in [5.41, 5.74) is 1.54. The Balaban J connectivity index is 1.65. The molecule has 1 fully saturated rings. The van der Waals surface area contributed by atoms with Crippen molar-refractivity contribution in [1.82, 2.24) is 0 Å². The van der Waals surface area contributed by atoms with E-state index in [1.54, 1.807) is 24.3 Å². The molecule has 2 aliphatic rings. The van der Waals surface area contributed by atoms with Crippen molar-refractivity contribution in [3.8, 4) is 0 Å². The minimum atomic E-state index is -3.14. The first-order chi connectivity index (χ1) is 12.8. The summed E-state index contributed by atoms with van der Waals surface area (Å²) in [7, 11) is -3.14. The van der Waals surface area contributed by atoms with E-state index >= 15 is 0 Å². The van der Waals surface area contributed by atoms with Crippen molar-refractivity contribution in [3.63, 3.8) is 0 Å². The fourth-order valence-corrected chi connectivity index (χ4v) is 6.81. The van der Waals surface area contributed by atoms with Gasteiger partial charge in [0.2, 0.25) is 0 Å². The SMILES string of the molecule is O=S1(=O)C[C@H]2N=C(SCc3cccc(F)c3)N(c3cc(Cl)cc(Cl)c3)[C@H]2C1. The molecular formula is C18H15Cl2FN2O2S2. The van der Waals surface area contributed by atoms with Crippen molar-refractivity contribution < 1.29 is 12.8 Å². The van der Waals surface area contributed by atoms with Crippen molar-refractivity contribution in [2.24, 2.45) is 4.99 Å². The molecular weight excluding hydrogens is 430 g/mol. The third kappa shape index (κ3) is 4.11. The van der Waals surface area contributed by atoms with Crippen LogP contribution in [0.15, 0.2) is 47.5 Å². The van der Waals surface area contributed by atoms with Crippen molar-refractivity contribution in [1.29, 1.82) is 0 Å². The number of sulfone groups is 1. The summed E-state index contributed by atoms with van der Waals surface area (Å²) in [4.78, 5) is 6.55. The van der Waals surface area contributed by atoms with Gasteiger partial charge in [-0.2, -0.15) is 0 Å². The molecule has 4 nitrogen and oxygen atoms in total. The standard InChI is InChI=1S/C18H15Cl2FN2O2S2/c19-12-5-13(20)7-15(6-12)23-17-10-27(24,25)9-16(17)22-18(23)26-8-11-2-1-3-14(21)4-11/h1-7,16-17H,8-10H2/t16-,17+/m1/s1. The monoisotopic (exact) mass is 444 g/mol. The van der Waals surface area contributed by atoms with Crippen LogP contribution in [-0.4, -0.2) is 37.2 Å². The van der Waals surface area contributed by atoms with E-state index in [0.717, 1.165) is 5.56 Å². The van der Waals surface area contributed by atoms with Gasteiger partial charge in [0.15, 0.2) is 15.0 Å². The van der Waals surface area contributed by atoms with Crippen LogP contribution in [0.2, 0.25) is 10.0 Å². The first-order valence-corrected chi connectivity index (χ1v) is 11.8. The molecule has 0 amide bonds. The lowest BCUT2D eigenvalue weighted by atomic mass is 10.1. The quantitative estimate of drug-likeness (QED) is 0.703. The second kappa shape index (κ2) is 7.28. The Hall–Kier alpha value is -1.28. The molecule has 142 valence electrons. The lowest BCUT2D eigenvalue weighted by Crippen LogP contribution is -2.39. The molecule has 1 saturated heterocycles. The number of amidine groups is 1. The van der Waals surface area contributed by atoms with Gasteiger partial charge in [-0.25, -0.2) is 12.8 Å². The van der Waals surface area contributed by atoms with Crippen LogP contribution in [0, 0.1) is 5.82 Å². The van der Waals surface area contributed by atoms with Crippen molar-refractivity contribution >= 4 is 55.7 Å². The van der Waals surface area contributed by atoms with Crippen molar-refractivity contribution in [3.05, 3.63) is 63.9 Å². The molecule has 2 heterocycles. The van der Waals surface area contributed by atoms with Gasteiger partial charge in [0, 0.05) is 21.5 Å². The molecule has 0 radical (unpaired) electrons. The smallest absolute Gasteiger partial charge is 0.164 e. The molecule has 0 bridgehead atoms. The topological polar surface area (TPSA) is 49.7 Å². The van der Waals surface area contributed by atoms with Gasteiger partial charge in [-0.3, -0.25) is 4.99 Å². The molecule has 4 rings (SSSR count). The van der Waals surface area contributed by atoms with E-state index in [0.29, 0.717) is 26.7 Å². The minimum Gasteiger partial charge on any atom is -0.315 e. The second-order valence-electron chi connectivity index (χ2n) is 6.54. The molecule has 9 heteroatoms. The minimum absolute atomic E-state index is 0.0342. The van der Waals surface area contributed by atoms with Gasteiger partial charge in [0.25, 0.3) is 0 Å². The summed E-state index contributed by atoms with van der Waals surface area (Å²) in [5, 5.41) is 1.63. The highest BCUT2D eigenvalue weighted by Gasteiger charge is 2.47. The Morgan fingerprint density at radius 3 is 2.59 bits per heavy atom. The van der Waals surface area contributed by atoms with Gasteiger partial charge in [-0.05, 0) is 35.9 Å². The summed E-state index contributed by atoms with van der Waals surface area (Å²) in [5.74, 6) is 0.304. The number of halogens is 3. The zero-order valence-corrected chi connectivity index (χ0v) is 17.1. The van der Waals surface area contributed by atoms with E-state index in [9.17, 15) is 12.8 Å². The third-order valence-corrected chi connectivity index (χ3v) is 7.66. The van der Waals surface area contributed by atoms with E-state index < -0.39 is 9.84 Å². The molecule has 0 N–H and O–H groups in total. The molecule has 2 aliphatic heterocycles. The van der Waals surface area contributed by atoms with Crippen LogP contribution in [0.5, 0.6) is 0 Å². The number of hydrogen-bond donors (Lipinski definition) is 0. The maximum atomic E-state index is 13.4. The zero-order valence-electron chi connectivity index (χ0n) is 14.0. The summed E-state index contributed by atoms with van der Waals surface area (Å²) >= 11 is 13.7. The Morgan fingerprint density at radius 2 is 1.89 bits per heavy atom. The summed E-state index contributed by atoms with van der Waals surface area (Å²) in [6.07, 6.45) is 0. The average molecular weight is 445 g/mol. The zero-order chi connectivity index (χ0) is 19.2. The van der Waals surface area contributed by atoms with E-state index in [-0.39, 0.29) is 29.4 Å². The fraction of sp³-hybridized carbons (Fsp3) is 0.278. The van der Waals surface area contributed by atoms with Gasteiger partial charge in [0.1, 0.15) is 5.82 Å². The van der Waals surface area contributed by atoms with Crippen LogP contribution < -0.4 is 4.90 Å².